The molecule has 0 saturated carbocycles. The normalized spacial score (nSPS) is 10.8. The average molecular weight is 330 g/mol. The third kappa shape index (κ3) is 3.12. The van der Waals surface area contributed by atoms with Gasteiger partial charge in [-0.05, 0) is 35.3 Å². The number of halogens is 3. The first-order valence-electron chi connectivity index (χ1n) is 5.96. The molecule has 0 fully saturated rings. The topological polar surface area (TPSA) is 29.9 Å². The lowest BCUT2D eigenvalue weighted by Crippen LogP contribution is -2.04. The first kappa shape index (κ1) is 14.0. The predicted molar refractivity (Wildman–Crippen MR) is 74.6 cm³/mol. The highest BCUT2D eigenvalue weighted by molar-refractivity contribution is 9.10. The minimum atomic E-state index is -0.531. The van der Waals surface area contributed by atoms with Crippen LogP contribution in [0.1, 0.15) is 19.0 Å². The number of nitrogens with zero attached hydrogens (tertiary/aromatic N) is 2. The molecule has 102 valence electrons. The zero-order chi connectivity index (χ0) is 14.0. The van der Waals surface area contributed by atoms with Gasteiger partial charge in [0.05, 0.1) is 15.9 Å². The highest BCUT2D eigenvalue weighted by Gasteiger charge is 2.11. The molecule has 0 saturated heterocycles. The van der Waals surface area contributed by atoms with Crippen molar-refractivity contribution in [1.29, 1.82) is 0 Å². The Hall–Kier alpha value is -1.43. The Kier molecular flexibility index (Phi) is 4.19. The van der Waals surface area contributed by atoms with Crippen LogP contribution in [-0.2, 0) is 6.54 Å². The second kappa shape index (κ2) is 5.69. The molecule has 0 radical (unpaired) electrons. The number of aryl methyl sites for hydroxylation is 2. The Morgan fingerprint density at radius 3 is 2.74 bits per heavy atom. The molecule has 0 atom stereocenters. The maximum Gasteiger partial charge on any atom is 0.207 e. The first-order chi connectivity index (χ1) is 9.01. The molecule has 1 heterocycles. The number of rotatable bonds is 4. The lowest BCUT2D eigenvalue weighted by atomic mass is 10.3. The van der Waals surface area contributed by atoms with E-state index in [0.29, 0.717) is 5.95 Å². The van der Waals surface area contributed by atoms with Gasteiger partial charge in [-0.15, -0.1) is 0 Å². The van der Waals surface area contributed by atoms with Gasteiger partial charge in [0.25, 0.3) is 0 Å². The molecule has 1 aromatic carbocycles. The van der Waals surface area contributed by atoms with E-state index in [9.17, 15) is 8.78 Å². The minimum absolute atomic E-state index is 0.0728. The number of benzene rings is 1. The van der Waals surface area contributed by atoms with Crippen LogP contribution in [0.4, 0.5) is 20.4 Å². The van der Waals surface area contributed by atoms with Crippen LogP contribution in [0, 0.1) is 18.6 Å². The summed E-state index contributed by atoms with van der Waals surface area (Å²) in [5.74, 6) is -0.536. The van der Waals surface area contributed by atoms with E-state index in [-0.39, 0.29) is 10.2 Å². The molecule has 0 amide bonds. The predicted octanol–water partition coefficient (Wildman–Crippen LogP) is 4.39. The molecule has 3 nitrogen and oxygen atoms in total. The van der Waals surface area contributed by atoms with Crippen LogP contribution in [-0.4, -0.2) is 9.55 Å². The van der Waals surface area contributed by atoms with Gasteiger partial charge in [-0.2, -0.15) is 0 Å². The van der Waals surface area contributed by atoms with E-state index in [1.807, 2.05) is 24.6 Å². The number of aromatic nitrogens is 2. The molecule has 1 N–H and O–H groups in total. The fraction of sp³-hybridized carbons (Fsp3) is 0.308. The molecule has 1 aromatic heterocycles. The lowest BCUT2D eigenvalue weighted by molar-refractivity contribution is 0.597. The molecule has 2 rings (SSSR count). The van der Waals surface area contributed by atoms with Gasteiger partial charge < -0.3 is 9.88 Å². The highest BCUT2D eigenvalue weighted by atomic mass is 79.9. The molecular weight excluding hydrogens is 316 g/mol. The Morgan fingerprint density at radius 2 is 2.05 bits per heavy atom. The summed E-state index contributed by atoms with van der Waals surface area (Å²) in [4.78, 5) is 4.27. The smallest absolute Gasteiger partial charge is 0.207 e. The highest BCUT2D eigenvalue weighted by Crippen LogP contribution is 2.26. The molecular formula is C13H14BrF2N3. The van der Waals surface area contributed by atoms with Crippen LogP contribution in [0.3, 0.4) is 0 Å². The third-order valence-corrected chi connectivity index (χ3v) is 3.23. The average Bonchev–Trinajstić information content (AvgIpc) is 2.67. The Balaban J connectivity index is 2.33. The summed E-state index contributed by atoms with van der Waals surface area (Å²) in [5.41, 5.74) is 0.901. The van der Waals surface area contributed by atoms with E-state index >= 15 is 0 Å². The summed E-state index contributed by atoms with van der Waals surface area (Å²) in [7, 11) is 0. The van der Waals surface area contributed by atoms with Crippen molar-refractivity contribution in [2.75, 3.05) is 5.32 Å². The van der Waals surface area contributed by atoms with Crippen LogP contribution >= 0.6 is 15.9 Å². The van der Waals surface area contributed by atoms with Crippen LogP contribution in [0.5, 0.6) is 0 Å². The largest absolute Gasteiger partial charge is 0.323 e. The van der Waals surface area contributed by atoms with E-state index in [0.717, 1.165) is 30.8 Å². The maximum atomic E-state index is 13.7. The van der Waals surface area contributed by atoms with Crippen molar-refractivity contribution in [2.24, 2.45) is 0 Å². The van der Waals surface area contributed by atoms with E-state index < -0.39 is 11.6 Å². The first-order valence-corrected chi connectivity index (χ1v) is 6.76. The number of anilines is 2. The number of hydrogen-bond acceptors (Lipinski definition) is 2. The van der Waals surface area contributed by atoms with Crippen molar-refractivity contribution in [1.82, 2.24) is 9.55 Å². The number of imidazole rings is 1. The Labute approximate surface area is 118 Å². The molecule has 2 aromatic rings. The molecule has 0 bridgehead atoms. The van der Waals surface area contributed by atoms with Gasteiger partial charge in [0.15, 0.2) is 0 Å². The van der Waals surface area contributed by atoms with Gasteiger partial charge in [0, 0.05) is 18.8 Å². The van der Waals surface area contributed by atoms with Crippen LogP contribution in [0.25, 0.3) is 0 Å². The molecule has 0 spiro atoms. The number of hydrogen-bond donors (Lipinski definition) is 1. The summed E-state index contributed by atoms with van der Waals surface area (Å²) < 4.78 is 29.2. The van der Waals surface area contributed by atoms with E-state index in [4.69, 9.17) is 0 Å². The van der Waals surface area contributed by atoms with Gasteiger partial charge in [-0.25, -0.2) is 13.8 Å². The van der Waals surface area contributed by atoms with Gasteiger partial charge >= 0.3 is 0 Å². The second-order valence-corrected chi connectivity index (χ2v) is 5.12. The molecule has 0 aliphatic carbocycles. The van der Waals surface area contributed by atoms with Crippen LogP contribution < -0.4 is 5.32 Å². The third-order valence-electron chi connectivity index (χ3n) is 2.62. The van der Waals surface area contributed by atoms with Gasteiger partial charge in [-0.3, -0.25) is 0 Å². The van der Waals surface area contributed by atoms with Crippen molar-refractivity contribution < 1.29 is 8.78 Å². The van der Waals surface area contributed by atoms with Crippen molar-refractivity contribution >= 4 is 27.6 Å². The van der Waals surface area contributed by atoms with Gasteiger partial charge in [0.2, 0.25) is 5.95 Å². The Bertz CT molecular complexity index is 596. The van der Waals surface area contributed by atoms with Crippen LogP contribution in [0.15, 0.2) is 22.8 Å². The summed E-state index contributed by atoms with van der Waals surface area (Å²) in [6, 6.07) is 2.21. The van der Waals surface area contributed by atoms with E-state index in [1.54, 1.807) is 0 Å². The van der Waals surface area contributed by atoms with Gasteiger partial charge in [0.1, 0.15) is 11.6 Å². The minimum Gasteiger partial charge on any atom is -0.323 e. The van der Waals surface area contributed by atoms with Crippen molar-refractivity contribution in [2.45, 2.75) is 26.8 Å². The zero-order valence-corrected chi connectivity index (χ0v) is 12.3. The van der Waals surface area contributed by atoms with Crippen molar-refractivity contribution in [3.63, 3.8) is 0 Å². The molecule has 19 heavy (non-hydrogen) atoms. The summed E-state index contributed by atoms with van der Waals surface area (Å²) in [5, 5.41) is 2.83. The number of nitrogens with one attached hydrogen (secondary N) is 1. The summed E-state index contributed by atoms with van der Waals surface area (Å²) in [6.07, 6.45) is 2.81. The molecule has 0 unspecified atom stereocenters. The molecule has 6 heteroatoms. The van der Waals surface area contributed by atoms with Gasteiger partial charge in [-0.1, -0.05) is 6.92 Å². The summed E-state index contributed by atoms with van der Waals surface area (Å²) >= 11 is 2.95. The Morgan fingerprint density at radius 1 is 1.32 bits per heavy atom. The fourth-order valence-electron chi connectivity index (χ4n) is 1.80. The standard InChI is InChI=1S/C13H14BrF2N3/c1-3-4-19-7-8(2)17-13(19)18-12-6-10(15)9(14)5-11(12)16/h5-7H,3-4H2,1-2H3,(H,17,18). The zero-order valence-electron chi connectivity index (χ0n) is 10.7. The molecule has 0 aliphatic heterocycles. The molecule has 0 aliphatic rings. The lowest BCUT2D eigenvalue weighted by Gasteiger charge is -2.10. The second-order valence-electron chi connectivity index (χ2n) is 4.27. The van der Waals surface area contributed by atoms with E-state index in [1.165, 1.54) is 0 Å². The maximum absolute atomic E-state index is 13.7. The van der Waals surface area contributed by atoms with Crippen LogP contribution in [0.2, 0.25) is 0 Å². The van der Waals surface area contributed by atoms with Crippen molar-refractivity contribution in [3.05, 3.63) is 40.1 Å². The quantitative estimate of drug-likeness (QED) is 0.843. The fourth-order valence-corrected chi connectivity index (χ4v) is 2.11. The monoisotopic (exact) mass is 329 g/mol. The van der Waals surface area contributed by atoms with E-state index in [2.05, 4.69) is 26.2 Å². The van der Waals surface area contributed by atoms with Crippen molar-refractivity contribution in [3.8, 4) is 0 Å². The summed E-state index contributed by atoms with van der Waals surface area (Å²) in [6.45, 7) is 4.67. The SMILES string of the molecule is CCCn1cc(C)nc1Nc1cc(F)c(Br)cc1F.